The van der Waals surface area contributed by atoms with Crippen molar-refractivity contribution in [3.05, 3.63) is 47.2 Å². The highest BCUT2D eigenvalue weighted by Gasteiger charge is 2.10. The average molecular weight is 345 g/mol. The molecular weight excluding hydrogens is 322 g/mol. The van der Waals surface area contributed by atoms with E-state index in [4.69, 9.17) is 9.15 Å². The first-order valence-corrected chi connectivity index (χ1v) is 8.36. The maximum atomic E-state index is 11.7. The Labute approximate surface area is 146 Å². The zero-order valence-electron chi connectivity index (χ0n) is 14.6. The highest BCUT2D eigenvalue weighted by atomic mass is 16.5. The zero-order chi connectivity index (χ0) is 18.1. The Balaban J connectivity index is 1.72. The molecule has 0 unspecified atom stereocenters. The maximum Gasteiger partial charge on any atom is 0.307 e. The molecule has 0 aliphatic rings. The lowest BCUT2D eigenvalue weighted by molar-refractivity contribution is -0.143. The summed E-state index contributed by atoms with van der Waals surface area (Å²) in [5.74, 6) is 0.481. The van der Waals surface area contributed by atoms with Crippen LogP contribution in [0.15, 0.2) is 28.7 Å². The number of hydrogen-bond donors (Lipinski definition) is 1. The van der Waals surface area contributed by atoms with Crippen molar-refractivity contribution in [1.29, 1.82) is 0 Å². The van der Waals surface area contributed by atoms with E-state index in [1.165, 1.54) is 5.56 Å². The monoisotopic (exact) mass is 345 g/mol. The number of aryl methyl sites for hydroxylation is 2. The van der Waals surface area contributed by atoms with Crippen LogP contribution in [0.2, 0.25) is 0 Å². The Hall–Kier alpha value is -2.70. The largest absolute Gasteiger partial charge is 0.466 e. The first-order valence-electron chi connectivity index (χ1n) is 8.36. The lowest BCUT2D eigenvalue weighted by atomic mass is 10.1. The summed E-state index contributed by atoms with van der Waals surface area (Å²) in [5, 5.41) is 10.6. The third-order valence-corrected chi connectivity index (χ3v) is 3.47. The fourth-order valence-electron chi connectivity index (χ4n) is 2.30. The Morgan fingerprint density at radius 2 is 2.00 bits per heavy atom. The molecule has 1 aromatic carbocycles. The van der Waals surface area contributed by atoms with E-state index >= 15 is 0 Å². The van der Waals surface area contributed by atoms with Gasteiger partial charge in [0, 0.05) is 19.4 Å². The molecule has 0 spiro atoms. The van der Waals surface area contributed by atoms with E-state index in [9.17, 15) is 9.59 Å². The van der Waals surface area contributed by atoms with Crippen LogP contribution in [0.3, 0.4) is 0 Å². The standard InChI is InChI=1S/C18H23N3O4/c1-3-24-18(23)9-10-19-15(22)7-8-16-20-21-17(25-16)12-14-6-4-5-13(2)11-14/h4-6,11H,3,7-10,12H2,1-2H3,(H,19,22). The quantitative estimate of drug-likeness (QED) is 0.698. The minimum absolute atomic E-state index is 0.164. The van der Waals surface area contributed by atoms with Crippen LogP contribution in [0.25, 0.3) is 0 Å². The molecule has 25 heavy (non-hydrogen) atoms. The summed E-state index contributed by atoms with van der Waals surface area (Å²) in [7, 11) is 0. The predicted octanol–water partition coefficient (Wildman–Crippen LogP) is 1.97. The third-order valence-electron chi connectivity index (χ3n) is 3.47. The number of ether oxygens (including phenoxy) is 1. The van der Waals surface area contributed by atoms with Gasteiger partial charge >= 0.3 is 5.97 Å². The Morgan fingerprint density at radius 3 is 2.76 bits per heavy atom. The number of carbonyl (C=O) groups is 2. The van der Waals surface area contributed by atoms with Crippen LogP contribution < -0.4 is 5.32 Å². The molecule has 0 radical (unpaired) electrons. The zero-order valence-corrected chi connectivity index (χ0v) is 14.6. The van der Waals surface area contributed by atoms with Crippen molar-refractivity contribution in [1.82, 2.24) is 15.5 Å². The van der Waals surface area contributed by atoms with Crippen molar-refractivity contribution in [3.63, 3.8) is 0 Å². The second-order valence-electron chi connectivity index (χ2n) is 5.66. The molecule has 0 bridgehead atoms. The second kappa shape index (κ2) is 9.56. The fourth-order valence-corrected chi connectivity index (χ4v) is 2.30. The van der Waals surface area contributed by atoms with Crippen LogP contribution in [-0.4, -0.2) is 35.2 Å². The third kappa shape index (κ3) is 6.74. The first-order chi connectivity index (χ1) is 12.1. The molecule has 2 rings (SSSR count). The molecule has 1 amide bonds. The molecule has 134 valence electrons. The number of rotatable bonds is 9. The second-order valence-corrected chi connectivity index (χ2v) is 5.66. The summed E-state index contributed by atoms with van der Waals surface area (Å²) >= 11 is 0. The molecule has 1 aromatic heterocycles. The van der Waals surface area contributed by atoms with Gasteiger partial charge in [-0.05, 0) is 19.4 Å². The van der Waals surface area contributed by atoms with E-state index in [1.54, 1.807) is 6.92 Å². The molecular formula is C18H23N3O4. The van der Waals surface area contributed by atoms with Crippen molar-refractivity contribution in [2.24, 2.45) is 0 Å². The first kappa shape index (κ1) is 18.6. The highest BCUT2D eigenvalue weighted by Crippen LogP contribution is 2.11. The molecule has 1 N–H and O–H groups in total. The van der Waals surface area contributed by atoms with Crippen molar-refractivity contribution in [3.8, 4) is 0 Å². The number of esters is 1. The van der Waals surface area contributed by atoms with Crippen molar-refractivity contribution in [2.75, 3.05) is 13.2 Å². The SMILES string of the molecule is CCOC(=O)CCNC(=O)CCc1nnc(Cc2cccc(C)c2)o1. The normalized spacial score (nSPS) is 10.5. The summed E-state index contributed by atoms with van der Waals surface area (Å²) in [5.41, 5.74) is 2.28. The van der Waals surface area contributed by atoms with Crippen LogP contribution in [0.1, 0.15) is 42.7 Å². The Morgan fingerprint density at radius 1 is 1.20 bits per heavy atom. The van der Waals surface area contributed by atoms with E-state index in [-0.39, 0.29) is 31.3 Å². The van der Waals surface area contributed by atoms with Gasteiger partial charge in [0.15, 0.2) is 0 Å². The van der Waals surface area contributed by atoms with Crippen LogP contribution in [0.5, 0.6) is 0 Å². The van der Waals surface area contributed by atoms with E-state index in [1.807, 2.05) is 25.1 Å². The number of nitrogens with zero attached hydrogens (tertiary/aromatic N) is 2. The number of nitrogens with one attached hydrogen (secondary N) is 1. The minimum Gasteiger partial charge on any atom is -0.466 e. The minimum atomic E-state index is -0.319. The van der Waals surface area contributed by atoms with Gasteiger partial charge in [0.25, 0.3) is 0 Å². The van der Waals surface area contributed by atoms with Crippen molar-refractivity contribution in [2.45, 2.75) is 39.5 Å². The molecule has 7 nitrogen and oxygen atoms in total. The molecule has 1 heterocycles. The molecule has 0 aliphatic heterocycles. The highest BCUT2D eigenvalue weighted by molar-refractivity contribution is 5.77. The number of hydrogen-bond acceptors (Lipinski definition) is 6. The number of aromatic nitrogens is 2. The van der Waals surface area contributed by atoms with Gasteiger partial charge in [0.2, 0.25) is 17.7 Å². The summed E-state index contributed by atoms with van der Waals surface area (Å²) in [4.78, 5) is 22.9. The van der Waals surface area contributed by atoms with E-state index in [0.29, 0.717) is 31.2 Å². The van der Waals surface area contributed by atoms with E-state index in [0.717, 1.165) is 5.56 Å². The summed E-state index contributed by atoms with van der Waals surface area (Å²) < 4.78 is 10.4. The van der Waals surface area contributed by atoms with Crippen LogP contribution in [0, 0.1) is 6.92 Å². The van der Waals surface area contributed by atoms with Gasteiger partial charge in [-0.25, -0.2) is 0 Å². The average Bonchev–Trinajstić information content (AvgIpc) is 3.01. The molecule has 0 atom stereocenters. The van der Waals surface area contributed by atoms with E-state index in [2.05, 4.69) is 21.6 Å². The van der Waals surface area contributed by atoms with Gasteiger partial charge in [-0.3, -0.25) is 9.59 Å². The summed E-state index contributed by atoms with van der Waals surface area (Å²) in [6.07, 6.45) is 1.34. The van der Waals surface area contributed by atoms with Gasteiger partial charge in [-0.15, -0.1) is 10.2 Å². The van der Waals surface area contributed by atoms with E-state index < -0.39 is 0 Å². The molecule has 0 saturated carbocycles. The van der Waals surface area contributed by atoms with Crippen LogP contribution in [0.4, 0.5) is 0 Å². The molecule has 0 saturated heterocycles. The van der Waals surface area contributed by atoms with Gasteiger partial charge in [0.1, 0.15) is 0 Å². The smallest absolute Gasteiger partial charge is 0.307 e. The molecule has 7 heteroatoms. The van der Waals surface area contributed by atoms with Crippen LogP contribution >= 0.6 is 0 Å². The topological polar surface area (TPSA) is 94.3 Å². The van der Waals surface area contributed by atoms with Crippen molar-refractivity contribution < 1.29 is 18.7 Å². The van der Waals surface area contributed by atoms with Gasteiger partial charge in [-0.2, -0.15) is 0 Å². The van der Waals surface area contributed by atoms with Gasteiger partial charge in [-0.1, -0.05) is 29.8 Å². The molecule has 0 fully saturated rings. The summed E-state index contributed by atoms with van der Waals surface area (Å²) in [6, 6.07) is 8.10. The van der Waals surface area contributed by atoms with Crippen LogP contribution in [-0.2, 0) is 27.2 Å². The predicted molar refractivity (Wildman–Crippen MR) is 90.9 cm³/mol. The van der Waals surface area contributed by atoms with Gasteiger partial charge in [0.05, 0.1) is 19.4 Å². The molecule has 0 aliphatic carbocycles. The van der Waals surface area contributed by atoms with Gasteiger partial charge < -0.3 is 14.5 Å². The lowest BCUT2D eigenvalue weighted by Crippen LogP contribution is -2.26. The fraction of sp³-hybridized carbons (Fsp3) is 0.444. The number of benzene rings is 1. The lowest BCUT2D eigenvalue weighted by Gasteiger charge is -2.04. The number of amides is 1. The van der Waals surface area contributed by atoms with Crippen molar-refractivity contribution >= 4 is 11.9 Å². The maximum absolute atomic E-state index is 11.7. The Bertz CT molecular complexity index is 712. The molecule has 2 aromatic rings. The number of carbonyl (C=O) groups excluding carboxylic acids is 2. The Kier molecular flexibility index (Phi) is 7.13. The summed E-state index contributed by atoms with van der Waals surface area (Å²) in [6.45, 7) is 4.38.